The molecule has 2 aromatic carbocycles. The van der Waals surface area contributed by atoms with Gasteiger partial charge in [0.1, 0.15) is 11.9 Å². The number of aliphatic hydroxyl groups is 1. The Hall–Kier alpha value is -1.80. The number of rotatable bonds is 2. The van der Waals surface area contributed by atoms with Gasteiger partial charge in [0, 0.05) is 5.56 Å². The second-order valence-electron chi connectivity index (χ2n) is 3.37. The minimum Gasteiger partial charge on any atom is -0.508 e. The van der Waals surface area contributed by atoms with Crippen molar-refractivity contribution in [1.82, 2.24) is 0 Å². The lowest BCUT2D eigenvalue weighted by Crippen LogP contribution is -1.99. The van der Waals surface area contributed by atoms with Gasteiger partial charge in [-0.25, -0.2) is 0 Å². The Morgan fingerprint density at radius 1 is 0.800 bits per heavy atom. The largest absolute Gasteiger partial charge is 0.508 e. The minimum atomic E-state index is -0.771. The van der Waals surface area contributed by atoms with Gasteiger partial charge >= 0.3 is 0 Å². The Labute approximate surface area is 88.4 Å². The maximum absolute atomic E-state index is 10.0. The number of aliphatic hydroxyl groups excluding tert-OH is 1. The van der Waals surface area contributed by atoms with Crippen LogP contribution in [0.5, 0.6) is 5.75 Å². The quantitative estimate of drug-likeness (QED) is 0.781. The maximum Gasteiger partial charge on any atom is 0.121 e. The third-order valence-corrected chi connectivity index (χ3v) is 2.35. The number of benzene rings is 2. The van der Waals surface area contributed by atoms with Gasteiger partial charge in [-0.3, -0.25) is 0 Å². The van der Waals surface area contributed by atoms with Gasteiger partial charge in [0.25, 0.3) is 0 Å². The molecule has 0 amide bonds. The van der Waals surface area contributed by atoms with Gasteiger partial charge in [-0.05, 0) is 11.6 Å². The molecule has 2 N–H and O–H groups in total. The summed E-state index contributed by atoms with van der Waals surface area (Å²) >= 11 is 0. The van der Waals surface area contributed by atoms with Crippen LogP contribution in [0.3, 0.4) is 0 Å². The van der Waals surface area contributed by atoms with Crippen molar-refractivity contribution in [2.75, 3.05) is 0 Å². The average Bonchev–Trinajstić information content (AvgIpc) is 2.30. The van der Waals surface area contributed by atoms with Crippen molar-refractivity contribution in [2.45, 2.75) is 6.10 Å². The van der Waals surface area contributed by atoms with Crippen molar-refractivity contribution in [3.63, 3.8) is 0 Å². The Morgan fingerprint density at radius 2 is 1.40 bits per heavy atom. The number of phenolic OH excluding ortho intramolecular Hbond substituents is 1. The molecule has 2 aromatic rings. The molecule has 0 aliphatic heterocycles. The molecule has 0 radical (unpaired) electrons. The number of para-hydroxylation sites is 1. The topological polar surface area (TPSA) is 40.5 Å². The average molecular weight is 200 g/mol. The lowest BCUT2D eigenvalue weighted by Gasteiger charge is -2.12. The fourth-order valence-electron chi connectivity index (χ4n) is 1.53. The number of hydrogen-bond donors (Lipinski definition) is 2. The van der Waals surface area contributed by atoms with E-state index in [9.17, 15) is 10.2 Å². The second kappa shape index (κ2) is 4.15. The maximum atomic E-state index is 10.0. The van der Waals surface area contributed by atoms with E-state index in [1.165, 1.54) is 0 Å². The first-order chi connectivity index (χ1) is 7.29. The van der Waals surface area contributed by atoms with Gasteiger partial charge in [0.15, 0.2) is 0 Å². The van der Waals surface area contributed by atoms with E-state index in [2.05, 4.69) is 0 Å². The van der Waals surface area contributed by atoms with Gasteiger partial charge in [-0.2, -0.15) is 0 Å². The van der Waals surface area contributed by atoms with Crippen molar-refractivity contribution >= 4 is 0 Å². The lowest BCUT2D eigenvalue weighted by atomic mass is 10.0. The van der Waals surface area contributed by atoms with E-state index >= 15 is 0 Å². The van der Waals surface area contributed by atoms with E-state index in [1.807, 2.05) is 30.3 Å². The van der Waals surface area contributed by atoms with Crippen LogP contribution in [0.4, 0.5) is 0 Å². The van der Waals surface area contributed by atoms with Crippen molar-refractivity contribution in [2.24, 2.45) is 0 Å². The highest BCUT2D eigenvalue weighted by molar-refractivity contribution is 5.38. The van der Waals surface area contributed by atoms with Gasteiger partial charge in [0.2, 0.25) is 0 Å². The molecule has 0 fully saturated rings. The summed E-state index contributed by atoms with van der Waals surface area (Å²) in [5.41, 5.74) is 1.31. The Balaban J connectivity index is 2.37. The molecule has 0 saturated carbocycles. The predicted octanol–water partition coefficient (Wildman–Crippen LogP) is 2.47. The van der Waals surface area contributed by atoms with Crippen molar-refractivity contribution in [3.8, 4) is 5.75 Å². The first-order valence-electron chi connectivity index (χ1n) is 4.80. The van der Waals surface area contributed by atoms with Gasteiger partial charge in [-0.15, -0.1) is 0 Å². The zero-order valence-electron chi connectivity index (χ0n) is 8.17. The molecule has 1 atom stereocenters. The van der Waals surface area contributed by atoms with Gasteiger partial charge in [-0.1, -0.05) is 48.5 Å². The molecule has 15 heavy (non-hydrogen) atoms. The van der Waals surface area contributed by atoms with Gasteiger partial charge < -0.3 is 10.2 Å². The zero-order chi connectivity index (χ0) is 10.7. The van der Waals surface area contributed by atoms with E-state index in [4.69, 9.17) is 0 Å². The fraction of sp³-hybridized carbons (Fsp3) is 0.0769. The molecule has 0 heterocycles. The molecular formula is C13H12O2. The van der Waals surface area contributed by atoms with Crippen molar-refractivity contribution in [3.05, 3.63) is 65.7 Å². The van der Waals surface area contributed by atoms with Crippen LogP contribution in [-0.2, 0) is 0 Å². The molecule has 0 aliphatic carbocycles. The van der Waals surface area contributed by atoms with E-state index < -0.39 is 6.10 Å². The predicted molar refractivity (Wildman–Crippen MR) is 58.6 cm³/mol. The van der Waals surface area contributed by atoms with Crippen LogP contribution in [0.25, 0.3) is 0 Å². The number of phenols is 1. The third kappa shape index (κ3) is 2.00. The molecule has 0 spiro atoms. The third-order valence-electron chi connectivity index (χ3n) is 2.35. The highest BCUT2D eigenvalue weighted by atomic mass is 16.3. The second-order valence-corrected chi connectivity index (χ2v) is 3.37. The number of aromatic hydroxyl groups is 1. The SMILES string of the molecule is Oc1ccccc1[C@H](O)c1ccccc1. The first kappa shape index (κ1) is 9.74. The standard InChI is InChI=1S/C13H12O2/c14-12-9-5-4-8-11(12)13(15)10-6-2-1-3-7-10/h1-9,13-15H/t13-/m1/s1. The lowest BCUT2D eigenvalue weighted by molar-refractivity contribution is 0.215. The summed E-state index contributed by atoms with van der Waals surface area (Å²) < 4.78 is 0. The van der Waals surface area contributed by atoms with Crippen LogP contribution in [-0.4, -0.2) is 10.2 Å². The highest BCUT2D eigenvalue weighted by Gasteiger charge is 2.12. The van der Waals surface area contributed by atoms with E-state index in [0.717, 1.165) is 5.56 Å². The summed E-state index contributed by atoms with van der Waals surface area (Å²) in [6, 6.07) is 16.1. The van der Waals surface area contributed by atoms with E-state index in [0.29, 0.717) is 5.56 Å². The Morgan fingerprint density at radius 3 is 2.07 bits per heavy atom. The molecule has 0 bridgehead atoms. The number of hydrogen-bond acceptors (Lipinski definition) is 2. The van der Waals surface area contributed by atoms with Crippen LogP contribution in [0.2, 0.25) is 0 Å². The minimum absolute atomic E-state index is 0.119. The van der Waals surface area contributed by atoms with Crippen LogP contribution in [0.15, 0.2) is 54.6 Å². The van der Waals surface area contributed by atoms with Crippen LogP contribution in [0, 0.1) is 0 Å². The molecule has 2 rings (SSSR count). The van der Waals surface area contributed by atoms with Crippen molar-refractivity contribution in [1.29, 1.82) is 0 Å². The molecule has 0 saturated heterocycles. The molecular weight excluding hydrogens is 188 g/mol. The zero-order valence-corrected chi connectivity index (χ0v) is 8.17. The summed E-state index contributed by atoms with van der Waals surface area (Å²) in [4.78, 5) is 0. The van der Waals surface area contributed by atoms with Crippen LogP contribution < -0.4 is 0 Å². The van der Waals surface area contributed by atoms with Gasteiger partial charge in [0.05, 0.1) is 0 Å². The highest BCUT2D eigenvalue weighted by Crippen LogP contribution is 2.28. The summed E-state index contributed by atoms with van der Waals surface area (Å²) in [5.74, 6) is 0.119. The summed E-state index contributed by atoms with van der Waals surface area (Å²) in [5, 5.41) is 19.6. The molecule has 0 aliphatic rings. The fourth-order valence-corrected chi connectivity index (χ4v) is 1.53. The van der Waals surface area contributed by atoms with Crippen LogP contribution >= 0.6 is 0 Å². The monoisotopic (exact) mass is 200 g/mol. The Bertz CT molecular complexity index is 437. The molecule has 76 valence electrons. The molecule has 2 nitrogen and oxygen atoms in total. The van der Waals surface area contributed by atoms with E-state index in [-0.39, 0.29) is 5.75 Å². The first-order valence-corrected chi connectivity index (χ1v) is 4.80. The van der Waals surface area contributed by atoms with E-state index in [1.54, 1.807) is 24.3 Å². The normalized spacial score (nSPS) is 12.3. The molecule has 0 aromatic heterocycles. The molecule has 0 unspecified atom stereocenters. The molecule has 2 heteroatoms. The van der Waals surface area contributed by atoms with Crippen LogP contribution in [0.1, 0.15) is 17.2 Å². The smallest absolute Gasteiger partial charge is 0.121 e. The Kier molecular flexibility index (Phi) is 2.70. The summed E-state index contributed by atoms with van der Waals surface area (Å²) in [6.45, 7) is 0. The van der Waals surface area contributed by atoms with Crippen molar-refractivity contribution < 1.29 is 10.2 Å². The summed E-state index contributed by atoms with van der Waals surface area (Å²) in [7, 11) is 0. The summed E-state index contributed by atoms with van der Waals surface area (Å²) in [6.07, 6.45) is -0.771.